The highest BCUT2D eigenvalue weighted by molar-refractivity contribution is 8.00. The first kappa shape index (κ1) is 18.5. The van der Waals surface area contributed by atoms with E-state index in [0.29, 0.717) is 34.0 Å². The third kappa shape index (κ3) is 5.33. The zero-order chi connectivity index (χ0) is 18.4. The van der Waals surface area contributed by atoms with E-state index < -0.39 is 5.76 Å². The van der Waals surface area contributed by atoms with E-state index in [4.69, 9.17) is 4.42 Å². The first-order valence-corrected chi connectivity index (χ1v) is 9.34. The van der Waals surface area contributed by atoms with Gasteiger partial charge in [-0.05, 0) is 36.4 Å². The number of nitrogens with zero attached hydrogens (tertiary/aromatic N) is 3. The molecule has 2 aromatic heterocycles. The van der Waals surface area contributed by atoms with Crippen molar-refractivity contribution in [2.45, 2.75) is 22.4 Å². The zero-order valence-electron chi connectivity index (χ0n) is 13.3. The van der Waals surface area contributed by atoms with Crippen LogP contribution >= 0.6 is 23.5 Å². The normalized spacial score (nSPS) is 11.0. The summed E-state index contributed by atoms with van der Waals surface area (Å²) in [4.78, 5) is 12.5. The fraction of sp³-hybridized carbons (Fsp3) is 0.188. The van der Waals surface area contributed by atoms with E-state index in [1.54, 1.807) is 47.5 Å². The molecule has 6 nitrogen and oxygen atoms in total. The smallest absolute Gasteiger partial charge is 0.288 e. The molecule has 0 atom stereocenters. The van der Waals surface area contributed by atoms with Gasteiger partial charge in [0.05, 0.1) is 18.6 Å². The van der Waals surface area contributed by atoms with Crippen molar-refractivity contribution in [2.24, 2.45) is 0 Å². The Balaban J connectivity index is 1.51. The van der Waals surface area contributed by atoms with E-state index in [1.807, 2.05) is 6.07 Å². The maximum Gasteiger partial charge on any atom is 0.288 e. The topological polar surface area (TPSA) is 73.0 Å². The van der Waals surface area contributed by atoms with Crippen LogP contribution in [-0.2, 0) is 11.3 Å². The van der Waals surface area contributed by atoms with Crippen LogP contribution in [0.15, 0.2) is 63.5 Å². The Hall–Kier alpha value is -2.33. The van der Waals surface area contributed by atoms with Gasteiger partial charge in [-0.3, -0.25) is 4.79 Å². The predicted molar refractivity (Wildman–Crippen MR) is 95.5 cm³/mol. The Morgan fingerprint density at radius 3 is 2.77 bits per heavy atom. The van der Waals surface area contributed by atoms with Gasteiger partial charge in [0.15, 0.2) is 5.16 Å². The summed E-state index contributed by atoms with van der Waals surface area (Å²) in [6, 6.07) is 9.90. The summed E-state index contributed by atoms with van der Waals surface area (Å²) in [6.45, 7) is 0.479. The minimum Gasteiger partial charge on any atom is -0.467 e. The fourth-order valence-corrected chi connectivity index (χ4v) is 3.30. The molecule has 10 heteroatoms. The lowest BCUT2D eigenvalue weighted by molar-refractivity contribution is -0.113. The Labute approximate surface area is 156 Å². The average Bonchev–Trinajstić information content (AvgIpc) is 3.27. The van der Waals surface area contributed by atoms with Gasteiger partial charge in [-0.25, -0.2) is 0 Å². The van der Waals surface area contributed by atoms with Crippen LogP contribution in [0.5, 0.6) is 0 Å². The Morgan fingerprint density at radius 2 is 2.08 bits per heavy atom. The SMILES string of the molecule is O=C(CSc1nncn1Cc1ccco1)Nc1ccc(SC(F)F)cc1. The summed E-state index contributed by atoms with van der Waals surface area (Å²) in [5.74, 6) is -1.79. The van der Waals surface area contributed by atoms with Crippen molar-refractivity contribution in [1.29, 1.82) is 0 Å². The molecule has 0 bridgehead atoms. The molecular weight excluding hydrogens is 382 g/mol. The first-order valence-electron chi connectivity index (χ1n) is 7.48. The molecule has 0 unspecified atom stereocenters. The highest BCUT2D eigenvalue weighted by Gasteiger charge is 2.11. The standard InChI is InChI=1S/C16H14F2N4O2S2/c17-15(18)26-13-5-3-11(4-6-13)20-14(23)9-25-16-21-19-10-22(16)8-12-2-1-7-24-12/h1-7,10,15H,8-9H2,(H,20,23). The van der Waals surface area contributed by atoms with Gasteiger partial charge in [-0.1, -0.05) is 23.5 Å². The number of alkyl halides is 2. The van der Waals surface area contributed by atoms with Crippen LogP contribution in [0.2, 0.25) is 0 Å². The molecule has 0 saturated heterocycles. The van der Waals surface area contributed by atoms with Crippen molar-refractivity contribution in [1.82, 2.24) is 14.8 Å². The molecule has 26 heavy (non-hydrogen) atoms. The molecule has 1 aromatic carbocycles. The lowest BCUT2D eigenvalue weighted by atomic mass is 10.3. The van der Waals surface area contributed by atoms with Gasteiger partial charge in [0, 0.05) is 10.6 Å². The number of rotatable bonds is 8. The molecule has 1 N–H and O–H groups in total. The molecule has 2 heterocycles. The van der Waals surface area contributed by atoms with Gasteiger partial charge in [0.2, 0.25) is 5.91 Å². The molecule has 0 spiro atoms. The number of amides is 1. The molecule has 0 radical (unpaired) electrons. The summed E-state index contributed by atoms with van der Waals surface area (Å²) in [5, 5.41) is 11.2. The molecule has 0 aliphatic carbocycles. The quantitative estimate of drug-likeness (QED) is 0.581. The molecule has 0 aliphatic rings. The molecule has 0 fully saturated rings. The number of carbonyl (C=O) groups excluding carboxylic acids is 1. The lowest BCUT2D eigenvalue weighted by Gasteiger charge is -2.07. The van der Waals surface area contributed by atoms with Crippen LogP contribution in [-0.4, -0.2) is 32.2 Å². The molecule has 0 aliphatic heterocycles. The number of nitrogens with one attached hydrogen (secondary N) is 1. The van der Waals surface area contributed by atoms with Crippen molar-refractivity contribution >= 4 is 35.1 Å². The minimum absolute atomic E-state index is 0.143. The lowest BCUT2D eigenvalue weighted by Crippen LogP contribution is -2.14. The van der Waals surface area contributed by atoms with Crippen LogP contribution < -0.4 is 5.32 Å². The molecule has 136 valence electrons. The van der Waals surface area contributed by atoms with E-state index in [9.17, 15) is 13.6 Å². The molecule has 3 rings (SSSR count). The Morgan fingerprint density at radius 1 is 1.27 bits per heavy atom. The van der Waals surface area contributed by atoms with E-state index in [2.05, 4.69) is 15.5 Å². The van der Waals surface area contributed by atoms with Crippen molar-refractivity contribution in [2.75, 3.05) is 11.1 Å². The number of hydrogen-bond donors (Lipinski definition) is 1. The van der Waals surface area contributed by atoms with E-state index in [1.165, 1.54) is 11.8 Å². The third-order valence-corrected chi connectivity index (χ3v) is 4.89. The second-order valence-electron chi connectivity index (χ2n) is 5.06. The van der Waals surface area contributed by atoms with Gasteiger partial charge in [0.1, 0.15) is 12.1 Å². The molecular formula is C16H14F2N4O2S2. The van der Waals surface area contributed by atoms with E-state index in [-0.39, 0.29) is 11.7 Å². The summed E-state index contributed by atoms with van der Waals surface area (Å²) >= 11 is 1.71. The van der Waals surface area contributed by atoms with Gasteiger partial charge in [0.25, 0.3) is 5.76 Å². The van der Waals surface area contributed by atoms with E-state index in [0.717, 1.165) is 5.76 Å². The second kappa shape index (κ2) is 8.86. The Bertz CT molecular complexity index is 838. The average molecular weight is 396 g/mol. The van der Waals surface area contributed by atoms with Gasteiger partial charge in [-0.2, -0.15) is 8.78 Å². The number of halogens is 2. The van der Waals surface area contributed by atoms with Crippen LogP contribution in [0.1, 0.15) is 5.76 Å². The summed E-state index contributed by atoms with van der Waals surface area (Å²) in [5.41, 5.74) is 0.547. The zero-order valence-corrected chi connectivity index (χ0v) is 15.0. The van der Waals surface area contributed by atoms with Crippen LogP contribution in [0.3, 0.4) is 0 Å². The van der Waals surface area contributed by atoms with Crippen LogP contribution in [0.4, 0.5) is 14.5 Å². The largest absolute Gasteiger partial charge is 0.467 e. The minimum atomic E-state index is -2.47. The van der Waals surface area contributed by atoms with Crippen LogP contribution in [0.25, 0.3) is 0 Å². The number of anilines is 1. The third-order valence-electron chi connectivity index (χ3n) is 3.18. The maximum absolute atomic E-state index is 12.3. The number of hydrogen-bond acceptors (Lipinski definition) is 6. The van der Waals surface area contributed by atoms with Gasteiger partial charge < -0.3 is 14.3 Å². The second-order valence-corrected chi connectivity index (χ2v) is 7.07. The molecule has 1 amide bonds. The number of aromatic nitrogens is 3. The highest BCUT2D eigenvalue weighted by atomic mass is 32.2. The Kier molecular flexibility index (Phi) is 6.29. The predicted octanol–water partition coefficient (Wildman–Crippen LogP) is 3.96. The summed E-state index contributed by atoms with van der Waals surface area (Å²) in [7, 11) is 0. The summed E-state index contributed by atoms with van der Waals surface area (Å²) < 4.78 is 31.7. The van der Waals surface area contributed by atoms with Crippen molar-refractivity contribution in [3.05, 3.63) is 54.7 Å². The number of thioether (sulfide) groups is 2. The highest BCUT2D eigenvalue weighted by Crippen LogP contribution is 2.26. The fourth-order valence-electron chi connectivity index (χ4n) is 2.08. The van der Waals surface area contributed by atoms with Gasteiger partial charge >= 0.3 is 0 Å². The first-order chi connectivity index (χ1) is 12.6. The number of carbonyl (C=O) groups is 1. The van der Waals surface area contributed by atoms with E-state index >= 15 is 0 Å². The number of furan rings is 1. The molecule has 3 aromatic rings. The monoisotopic (exact) mass is 396 g/mol. The van der Waals surface area contributed by atoms with Crippen molar-refractivity contribution < 1.29 is 18.0 Å². The van der Waals surface area contributed by atoms with Crippen LogP contribution in [0, 0.1) is 0 Å². The van der Waals surface area contributed by atoms with Crippen molar-refractivity contribution in [3.8, 4) is 0 Å². The molecule has 0 saturated carbocycles. The van der Waals surface area contributed by atoms with Crippen molar-refractivity contribution in [3.63, 3.8) is 0 Å². The maximum atomic E-state index is 12.3. The summed E-state index contributed by atoms with van der Waals surface area (Å²) in [6.07, 6.45) is 3.16. The number of benzene rings is 1. The van der Waals surface area contributed by atoms with Gasteiger partial charge in [-0.15, -0.1) is 10.2 Å².